The van der Waals surface area contributed by atoms with Crippen LogP contribution in [0.15, 0.2) is 12.0 Å². The van der Waals surface area contributed by atoms with Crippen LogP contribution in [0.25, 0.3) is 0 Å². The van der Waals surface area contributed by atoms with E-state index >= 15 is 0 Å². The maximum absolute atomic E-state index is 3.73. The molecule has 0 saturated heterocycles. The topological polar surface area (TPSA) is 0 Å². The average molecular weight is 313 g/mol. The fourth-order valence-corrected chi connectivity index (χ4v) is 3.35. The van der Waals surface area contributed by atoms with Gasteiger partial charge in [-0.25, -0.2) is 0 Å². The predicted octanol–water partition coefficient (Wildman–Crippen LogP) is 8.12. The summed E-state index contributed by atoms with van der Waals surface area (Å²) in [4.78, 5) is 0. The second-order valence-corrected chi connectivity index (χ2v) is 7.42. The minimum Gasteiger partial charge on any atom is -0.135 e. The molecule has 0 nitrogen and oxygen atoms in total. The Labute approximate surface area is 139 Å². The normalized spacial score (nSPS) is 10.9. The molecule has 0 N–H and O–H groups in total. The van der Waals surface area contributed by atoms with Gasteiger partial charge in [0.1, 0.15) is 0 Å². The lowest BCUT2D eigenvalue weighted by Crippen LogP contribution is -1.84. The number of unbranched alkanes of at least 4 members (excludes halogenated alkanes) is 15. The summed E-state index contributed by atoms with van der Waals surface area (Å²) in [7, 11) is 0. The molecule has 0 amide bonds. The van der Waals surface area contributed by atoms with E-state index in [0.717, 1.165) is 0 Å². The molecule has 0 radical (unpaired) electrons. The highest BCUT2D eigenvalue weighted by Crippen LogP contribution is 2.14. The van der Waals surface area contributed by atoms with Gasteiger partial charge in [0, 0.05) is 0 Å². The van der Waals surface area contributed by atoms with Crippen molar-refractivity contribution in [2.24, 2.45) is 0 Å². The largest absolute Gasteiger partial charge is 0.135 e. The van der Waals surface area contributed by atoms with E-state index in [-0.39, 0.29) is 0 Å². The SMILES string of the molecule is C=CSCCCCCCCCCCCCCCCCCC. The van der Waals surface area contributed by atoms with E-state index in [1.54, 1.807) is 0 Å². The molecule has 0 bridgehead atoms. The minimum absolute atomic E-state index is 1.27. The molecule has 1 heteroatoms. The van der Waals surface area contributed by atoms with Crippen molar-refractivity contribution in [2.45, 2.75) is 110 Å². The first-order valence-corrected chi connectivity index (χ1v) is 10.7. The van der Waals surface area contributed by atoms with Gasteiger partial charge >= 0.3 is 0 Å². The molecule has 0 heterocycles. The van der Waals surface area contributed by atoms with Crippen molar-refractivity contribution in [3.63, 3.8) is 0 Å². The number of hydrogen-bond donors (Lipinski definition) is 0. The minimum atomic E-state index is 1.27. The molecule has 0 fully saturated rings. The van der Waals surface area contributed by atoms with Crippen molar-refractivity contribution < 1.29 is 0 Å². The van der Waals surface area contributed by atoms with Crippen LogP contribution in [0.3, 0.4) is 0 Å². The van der Waals surface area contributed by atoms with E-state index in [1.807, 2.05) is 17.2 Å². The third kappa shape index (κ3) is 20.1. The van der Waals surface area contributed by atoms with Gasteiger partial charge in [-0.1, -0.05) is 110 Å². The average Bonchev–Trinajstić information content (AvgIpc) is 2.50. The number of hydrogen-bond acceptors (Lipinski definition) is 1. The quantitative estimate of drug-likeness (QED) is 0.230. The van der Waals surface area contributed by atoms with Crippen molar-refractivity contribution in [3.05, 3.63) is 12.0 Å². The van der Waals surface area contributed by atoms with Crippen LogP contribution in [0.4, 0.5) is 0 Å². The molecule has 0 aliphatic rings. The van der Waals surface area contributed by atoms with Crippen molar-refractivity contribution >= 4 is 11.8 Å². The molecule has 0 spiro atoms. The third-order valence-corrected chi connectivity index (χ3v) is 4.99. The summed E-state index contributed by atoms with van der Waals surface area (Å²) in [5.41, 5.74) is 0. The molecule has 0 saturated carbocycles. The zero-order valence-corrected chi connectivity index (χ0v) is 15.5. The van der Waals surface area contributed by atoms with Gasteiger partial charge in [0.25, 0.3) is 0 Å². The summed E-state index contributed by atoms with van der Waals surface area (Å²) in [6, 6.07) is 0. The summed E-state index contributed by atoms with van der Waals surface area (Å²) in [6.45, 7) is 6.03. The summed E-state index contributed by atoms with van der Waals surface area (Å²) in [5.74, 6) is 1.27. The molecule has 0 unspecified atom stereocenters. The van der Waals surface area contributed by atoms with E-state index in [1.165, 1.54) is 108 Å². The number of thioether (sulfide) groups is 1. The molecule has 0 aliphatic carbocycles. The van der Waals surface area contributed by atoms with Gasteiger partial charge in [0.15, 0.2) is 0 Å². The Morgan fingerprint density at radius 2 is 0.905 bits per heavy atom. The highest BCUT2D eigenvalue weighted by Gasteiger charge is 1.94. The van der Waals surface area contributed by atoms with Gasteiger partial charge in [-0.2, -0.15) is 0 Å². The van der Waals surface area contributed by atoms with Gasteiger partial charge in [-0.15, -0.1) is 11.8 Å². The second-order valence-electron chi connectivity index (χ2n) is 6.34. The van der Waals surface area contributed by atoms with E-state index in [4.69, 9.17) is 0 Å². The van der Waals surface area contributed by atoms with Crippen molar-refractivity contribution in [2.75, 3.05) is 5.75 Å². The molecule has 0 rings (SSSR count). The van der Waals surface area contributed by atoms with Crippen LogP contribution in [0.2, 0.25) is 0 Å². The summed E-state index contributed by atoms with van der Waals surface area (Å²) < 4.78 is 0. The summed E-state index contributed by atoms with van der Waals surface area (Å²) >= 11 is 1.86. The summed E-state index contributed by atoms with van der Waals surface area (Å²) in [6.07, 6.45) is 23.2. The van der Waals surface area contributed by atoms with Crippen LogP contribution < -0.4 is 0 Å². The molecule has 0 aromatic rings. The standard InChI is InChI=1S/C20H40S/c1-3-5-6-7-8-9-10-11-12-13-14-15-16-17-18-19-20-21-4-2/h4H,2-3,5-20H2,1H3. The lowest BCUT2D eigenvalue weighted by molar-refractivity contribution is 0.532. The Morgan fingerprint density at radius 1 is 0.571 bits per heavy atom. The molecule has 126 valence electrons. The third-order valence-electron chi connectivity index (χ3n) is 4.23. The molecule has 0 atom stereocenters. The lowest BCUT2D eigenvalue weighted by Gasteiger charge is -2.03. The first kappa shape index (κ1) is 21.1. The van der Waals surface area contributed by atoms with Gasteiger partial charge in [-0.05, 0) is 17.6 Å². The first-order chi connectivity index (χ1) is 10.4. The Bertz CT molecular complexity index is 188. The van der Waals surface area contributed by atoms with Crippen LogP contribution in [0, 0.1) is 0 Å². The molecule has 21 heavy (non-hydrogen) atoms. The van der Waals surface area contributed by atoms with Crippen molar-refractivity contribution in [3.8, 4) is 0 Å². The highest BCUT2D eigenvalue weighted by molar-refractivity contribution is 8.02. The van der Waals surface area contributed by atoms with Crippen LogP contribution in [0.1, 0.15) is 110 Å². The molecular formula is C20H40S. The van der Waals surface area contributed by atoms with Crippen LogP contribution >= 0.6 is 11.8 Å². The fourth-order valence-electron chi connectivity index (χ4n) is 2.82. The van der Waals surface area contributed by atoms with Gasteiger partial charge in [0.2, 0.25) is 0 Å². The van der Waals surface area contributed by atoms with Crippen molar-refractivity contribution in [1.29, 1.82) is 0 Å². The van der Waals surface area contributed by atoms with Crippen LogP contribution in [0.5, 0.6) is 0 Å². The Kier molecular flexibility index (Phi) is 20.2. The highest BCUT2D eigenvalue weighted by atomic mass is 32.2. The maximum atomic E-state index is 3.73. The van der Waals surface area contributed by atoms with E-state index in [9.17, 15) is 0 Å². The van der Waals surface area contributed by atoms with Crippen LogP contribution in [-0.4, -0.2) is 5.75 Å². The fraction of sp³-hybridized carbons (Fsp3) is 0.900. The molecule has 0 aliphatic heterocycles. The van der Waals surface area contributed by atoms with E-state index in [0.29, 0.717) is 0 Å². The predicted molar refractivity (Wildman–Crippen MR) is 102 cm³/mol. The lowest BCUT2D eigenvalue weighted by atomic mass is 10.0. The van der Waals surface area contributed by atoms with Crippen LogP contribution in [-0.2, 0) is 0 Å². The van der Waals surface area contributed by atoms with Gasteiger partial charge < -0.3 is 0 Å². The Morgan fingerprint density at radius 3 is 1.24 bits per heavy atom. The van der Waals surface area contributed by atoms with E-state index < -0.39 is 0 Å². The zero-order chi connectivity index (χ0) is 15.4. The molecular weight excluding hydrogens is 272 g/mol. The molecule has 0 aromatic carbocycles. The van der Waals surface area contributed by atoms with Gasteiger partial charge in [0.05, 0.1) is 0 Å². The monoisotopic (exact) mass is 312 g/mol. The van der Waals surface area contributed by atoms with Crippen molar-refractivity contribution in [1.82, 2.24) is 0 Å². The first-order valence-electron chi connectivity index (χ1n) is 9.64. The molecule has 0 aromatic heterocycles. The van der Waals surface area contributed by atoms with E-state index in [2.05, 4.69) is 13.5 Å². The second kappa shape index (κ2) is 20.1. The maximum Gasteiger partial charge on any atom is -0.00262 e. The number of rotatable bonds is 18. The zero-order valence-electron chi connectivity index (χ0n) is 14.7. The Hall–Kier alpha value is 0.0900. The van der Waals surface area contributed by atoms with Gasteiger partial charge in [-0.3, -0.25) is 0 Å². The Balaban J connectivity index is 2.91. The smallest absolute Gasteiger partial charge is 0.00262 e. The summed E-state index contributed by atoms with van der Waals surface area (Å²) in [5, 5.41) is 1.96.